The Balaban J connectivity index is 0.00000208. The minimum absolute atomic E-state index is 0. The van der Waals surface area contributed by atoms with Crippen molar-refractivity contribution < 1.29 is 9.47 Å². The molecule has 1 atom stereocenters. The Morgan fingerprint density at radius 3 is 2.75 bits per heavy atom. The van der Waals surface area contributed by atoms with Crippen molar-refractivity contribution in [2.45, 2.75) is 26.1 Å². The van der Waals surface area contributed by atoms with E-state index in [9.17, 15) is 0 Å². The van der Waals surface area contributed by atoms with E-state index in [0.29, 0.717) is 12.6 Å². The average Bonchev–Trinajstić information content (AvgIpc) is 3.03. The van der Waals surface area contributed by atoms with Gasteiger partial charge in [-0.05, 0) is 31.2 Å². The quantitative estimate of drug-likeness (QED) is 0.848. The van der Waals surface area contributed by atoms with E-state index in [1.807, 2.05) is 24.3 Å². The molecule has 1 fully saturated rings. The number of nitrogens with one attached hydrogen (secondary N) is 1. The third kappa shape index (κ3) is 5.08. The molecule has 0 aliphatic carbocycles. The van der Waals surface area contributed by atoms with E-state index < -0.39 is 0 Å². The van der Waals surface area contributed by atoms with E-state index >= 15 is 0 Å². The highest BCUT2D eigenvalue weighted by molar-refractivity contribution is 7.09. The summed E-state index contributed by atoms with van der Waals surface area (Å²) in [6.45, 7) is 6.87. The molecular weight excluding hydrogens is 346 g/mol. The fourth-order valence-corrected chi connectivity index (χ4v) is 3.33. The van der Waals surface area contributed by atoms with Gasteiger partial charge in [-0.15, -0.1) is 23.7 Å². The number of rotatable bonds is 6. The van der Waals surface area contributed by atoms with Crippen LogP contribution in [-0.4, -0.2) is 42.7 Å². The Morgan fingerprint density at radius 2 is 2.04 bits per heavy atom. The lowest BCUT2D eigenvalue weighted by Gasteiger charge is -2.33. The summed E-state index contributed by atoms with van der Waals surface area (Å²) in [6, 6.07) is 8.18. The number of aromatic nitrogens is 1. The molecule has 1 aliphatic rings. The molecule has 1 aromatic heterocycles. The van der Waals surface area contributed by atoms with Crippen LogP contribution in [0, 0.1) is 0 Å². The van der Waals surface area contributed by atoms with Crippen molar-refractivity contribution in [3.05, 3.63) is 40.3 Å². The zero-order chi connectivity index (χ0) is 16.1. The summed E-state index contributed by atoms with van der Waals surface area (Å²) in [5, 5.41) is 6.57. The molecule has 2 aromatic rings. The minimum atomic E-state index is 0. The summed E-state index contributed by atoms with van der Waals surface area (Å²) in [5.41, 5.74) is 1.14. The van der Waals surface area contributed by atoms with E-state index in [0.717, 1.165) is 48.4 Å². The third-order valence-electron chi connectivity index (χ3n) is 4.03. The smallest absolute Gasteiger partial charge is 0.140 e. The van der Waals surface area contributed by atoms with Gasteiger partial charge < -0.3 is 14.8 Å². The van der Waals surface area contributed by atoms with E-state index in [2.05, 4.69) is 22.5 Å². The van der Waals surface area contributed by atoms with Gasteiger partial charge in [0.25, 0.3) is 0 Å². The van der Waals surface area contributed by atoms with Crippen molar-refractivity contribution in [2.24, 2.45) is 0 Å². The van der Waals surface area contributed by atoms with Crippen molar-refractivity contribution >= 4 is 23.7 Å². The Morgan fingerprint density at radius 1 is 1.29 bits per heavy atom. The molecule has 2 heterocycles. The first-order valence-electron chi connectivity index (χ1n) is 7.89. The standard InChI is InChI=1S/C17H23N3O2S.ClH/c1-13-9-18-7-8-20(13)10-14-12-23-17(19-14)11-22-16-5-3-15(21-2)4-6-16;/h3-6,12-13,18H,7-11H2,1-2H3;1H/t13-;/m0./s1. The summed E-state index contributed by atoms with van der Waals surface area (Å²) in [7, 11) is 1.66. The number of hydrogen-bond acceptors (Lipinski definition) is 6. The summed E-state index contributed by atoms with van der Waals surface area (Å²) >= 11 is 1.66. The number of hydrogen-bond donors (Lipinski definition) is 1. The molecule has 0 bridgehead atoms. The lowest BCUT2D eigenvalue weighted by atomic mass is 10.2. The molecule has 0 saturated carbocycles. The molecule has 1 N–H and O–H groups in total. The molecule has 3 rings (SSSR count). The van der Waals surface area contributed by atoms with Gasteiger partial charge in [0.15, 0.2) is 0 Å². The maximum atomic E-state index is 5.78. The maximum absolute atomic E-state index is 5.78. The summed E-state index contributed by atoms with van der Waals surface area (Å²) < 4.78 is 10.9. The molecule has 1 aliphatic heterocycles. The van der Waals surface area contributed by atoms with E-state index in [1.165, 1.54) is 0 Å². The number of thiazole rings is 1. The molecule has 5 nitrogen and oxygen atoms in total. The lowest BCUT2D eigenvalue weighted by Crippen LogP contribution is -2.49. The fraction of sp³-hybridized carbons (Fsp3) is 0.471. The van der Waals surface area contributed by atoms with Crippen molar-refractivity contribution in [1.29, 1.82) is 0 Å². The summed E-state index contributed by atoms with van der Waals surface area (Å²) in [5.74, 6) is 1.66. The van der Waals surface area contributed by atoms with Crippen LogP contribution in [0.5, 0.6) is 11.5 Å². The SMILES string of the molecule is COc1ccc(OCc2nc(CN3CCNC[C@@H]3C)cs2)cc1.Cl. The van der Waals surface area contributed by atoms with Gasteiger partial charge in [0.2, 0.25) is 0 Å². The van der Waals surface area contributed by atoms with Crippen molar-refractivity contribution in [3.63, 3.8) is 0 Å². The largest absolute Gasteiger partial charge is 0.497 e. The predicted octanol–water partition coefficient (Wildman–Crippen LogP) is 2.95. The summed E-state index contributed by atoms with van der Waals surface area (Å²) in [4.78, 5) is 7.17. The molecule has 1 aromatic carbocycles. The second-order valence-corrected chi connectivity index (χ2v) is 6.66. The zero-order valence-corrected chi connectivity index (χ0v) is 15.7. The molecule has 7 heteroatoms. The molecule has 0 unspecified atom stereocenters. The number of benzene rings is 1. The highest BCUT2D eigenvalue weighted by Gasteiger charge is 2.18. The average molecular weight is 370 g/mol. The van der Waals surface area contributed by atoms with Crippen molar-refractivity contribution in [2.75, 3.05) is 26.7 Å². The fourth-order valence-electron chi connectivity index (χ4n) is 2.63. The number of nitrogens with zero attached hydrogens (tertiary/aromatic N) is 2. The van der Waals surface area contributed by atoms with Gasteiger partial charge in [-0.2, -0.15) is 0 Å². The van der Waals surface area contributed by atoms with Gasteiger partial charge in [-0.25, -0.2) is 4.98 Å². The van der Waals surface area contributed by atoms with Gasteiger partial charge >= 0.3 is 0 Å². The van der Waals surface area contributed by atoms with Gasteiger partial charge in [-0.3, -0.25) is 4.90 Å². The third-order valence-corrected chi connectivity index (χ3v) is 4.90. The first-order chi connectivity index (χ1) is 11.2. The predicted molar refractivity (Wildman–Crippen MR) is 99.4 cm³/mol. The Kier molecular flexibility index (Phi) is 7.30. The number of halogens is 1. The van der Waals surface area contributed by atoms with Crippen LogP contribution in [-0.2, 0) is 13.2 Å². The number of piperazine rings is 1. The van der Waals surface area contributed by atoms with Gasteiger partial charge in [0.05, 0.1) is 12.8 Å². The van der Waals surface area contributed by atoms with Crippen LogP contribution >= 0.6 is 23.7 Å². The van der Waals surface area contributed by atoms with Crippen LogP contribution in [0.4, 0.5) is 0 Å². The van der Waals surface area contributed by atoms with E-state index in [1.54, 1.807) is 18.4 Å². The number of ether oxygens (including phenoxy) is 2. The van der Waals surface area contributed by atoms with Crippen LogP contribution < -0.4 is 14.8 Å². The Labute approximate surface area is 153 Å². The minimum Gasteiger partial charge on any atom is -0.497 e. The normalized spacial score (nSPS) is 18.0. The van der Waals surface area contributed by atoms with Crippen LogP contribution in [0.1, 0.15) is 17.6 Å². The van der Waals surface area contributed by atoms with Crippen molar-refractivity contribution in [3.8, 4) is 11.5 Å². The van der Waals surface area contributed by atoms with E-state index in [4.69, 9.17) is 14.5 Å². The molecule has 0 spiro atoms. The van der Waals surface area contributed by atoms with Gasteiger partial charge in [0.1, 0.15) is 23.1 Å². The topological polar surface area (TPSA) is 46.6 Å². The van der Waals surface area contributed by atoms with Gasteiger partial charge in [0, 0.05) is 37.6 Å². The summed E-state index contributed by atoms with van der Waals surface area (Å²) in [6.07, 6.45) is 0. The second kappa shape index (κ2) is 9.22. The van der Waals surface area contributed by atoms with Crippen LogP contribution in [0.15, 0.2) is 29.6 Å². The highest BCUT2D eigenvalue weighted by Crippen LogP contribution is 2.20. The molecule has 132 valence electrons. The first kappa shape index (κ1) is 19.0. The molecule has 0 radical (unpaired) electrons. The Hall–Kier alpha value is -1.34. The molecular formula is C17H24ClN3O2S. The lowest BCUT2D eigenvalue weighted by molar-refractivity contribution is 0.164. The number of methoxy groups -OCH3 is 1. The van der Waals surface area contributed by atoms with Crippen molar-refractivity contribution in [1.82, 2.24) is 15.2 Å². The van der Waals surface area contributed by atoms with Crippen LogP contribution in [0.25, 0.3) is 0 Å². The Bertz CT molecular complexity index is 621. The second-order valence-electron chi connectivity index (χ2n) is 5.72. The maximum Gasteiger partial charge on any atom is 0.140 e. The van der Waals surface area contributed by atoms with Crippen LogP contribution in [0.2, 0.25) is 0 Å². The van der Waals surface area contributed by atoms with Gasteiger partial charge in [-0.1, -0.05) is 0 Å². The molecule has 1 saturated heterocycles. The van der Waals surface area contributed by atoms with E-state index in [-0.39, 0.29) is 12.4 Å². The van der Waals surface area contributed by atoms with Crippen LogP contribution in [0.3, 0.4) is 0 Å². The highest BCUT2D eigenvalue weighted by atomic mass is 35.5. The first-order valence-corrected chi connectivity index (χ1v) is 8.77. The molecule has 0 amide bonds. The monoisotopic (exact) mass is 369 g/mol. The molecule has 24 heavy (non-hydrogen) atoms. The zero-order valence-electron chi connectivity index (χ0n) is 14.0.